The van der Waals surface area contributed by atoms with Crippen LogP contribution < -0.4 is 0 Å². The summed E-state index contributed by atoms with van der Waals surface area (Å²) in [6, 6.07) is 0. The lowest BCUT2D eigenvalue weighted by Crippen LogP contribution is -2.48. The van der Waals surface area contributed by atoms with E-state index in [1.54, 1.807) is 6.92 Å². The van der Waals surface area contributed by atoms with Gasteiger partial charge in [0.25, 0.3) is 0 Å². The van der Waals surface area contributed by atoms with Gasteiger partial charge >= 0.3 is 12.1 Å². The van der Waals surface area contributed by atoms with Crippen molar-refractivity contribution in [2.24, 2.45) is 17.3 Å². The number of fused-ring (bicyclic) bond motifs is 2. The molecule has 0 amide bonds. The van der Waals surface area contributed by atoms with Gasteiger partial charge in [-0.25, -0.2) is 0 Å². The summed E-state index contributed by atoms with van der Waals surface area (Å²) in [5.41, 5.74) is -3.08. The minimum absolute atomic E-state index is 0. The number of carbonyl (C=O) groups excluding carboxylic acids is 1. The summed E-state index contributed by atoms with van der Waals surface area (Å²) in [5, 5.41) is 0. The van der Waals surface area contributed by atoms with Gasteiger partial charge in [0.2, 0.25) is 0 Å². The molecule has 2 aliphatic rings. The average molecular weight is 310 g/mol. The third-order valence-electron chi connectivity index (χ3n) is 5.21. The molecule has 5 heteroatoms. The van der Waals surface area contributed by atoms with E-state index >= 15 is 0 Å². The largest absolute Gasteiger partial charge is 0.458 e. The summed E-state index contributed by atoms with van der Waals surface area (Å²) >= 11 is 0. The molecule has 0 aliphatic heterocycles. The van der Waals surface area contributed by atoms with Gasteiger partial charge in [0.15, 0.2) is 5.41 Å². The van der Waals surface area contributed by atoms with Gasteiger partial charge in [-0.05, 0) is 57.8 Å². The Morgan fingerprint density at radius 1 is 1.29 bits per heavy atom. The number of esters is 1. The van der Waals surface area contributed by atoms with E-state index in [0.717, 1.165) is 26.2 Å². The smallest absolute Gasteiger partial charge is 0.404 e. The fraction of sp³-hybridized carbons (Fsp3) is 0.938. The molecule has 0 N–H and O–H groups in total. The molecule has 2 aliphatic carbocycles. The molecule has 4 unspecified atom stereocenters. The van der Waals surface area contributed by atoms with Crippen molar-refractivity contribution in [1.29, 1.82) is 0 Å². The van der Waals surface area contributed by atoms with E-state index < -0.39 is 23.2 Å². The first kappa shape index (κ1) is 20.3. The second kappa shape index (κ2) is 6.17. The van der Waals surface area contributed by atoms with Gasteiger partial charge in [0.05, 0.1) is 0 Å². The summed E-state index contributed by atoms with van der Waals surface area (Å²) in [6.45, 7) is 4.10. The third-order valence-corrected chi connectivity index (χ3v) is 5.21. The molecule has 0 radical (unpaired) electrons. The van der Waals surface area contributed by atoms with Crippen molar-refractivity contribution in [3.8, 4) is 0 Å². The van der Waals surface area contributed by atoms with Gasteiger partial charge in [-0.15, -0.1) is 0 Å². The molecule has 21 heavy (non-hydrogen) atoms. The molecule has 2 saturated carbocycles. The van der Waals surface area contributed by atoms with Crippen LogP contribution in [0.2, 0.25) is 0 Å². The zero-order valence-corrected chi connectivity index (χ0v) is 11.6. The highest BCUT2D eigenvalue weighted by Gasteiger charge is 2.59. The monoisotopic (exact) mass is 310 g/mol. The standard InChI is InChI=1S/C14H21F3O2.2CH4/c1-4-12(2,14(15,16)17)11(18)19-13(3)8-9-5-6-10(13)7-9;;/h9-10H,4-8H2,1-3H3;2*1H4. The van der Waals surface area contributed by atoms with Crippen molar-refractivity contribution in [3.63, 3.8) is 0 Å². The van der Waals surface area contributed by atoms with Crippen molar-refractivity contribution in [1.82, 2.24) is 0 Å². The molecule has 2 nitrogen and oxygen atoms in total. The van der Waals surface area contributed by atoms with Crippen LogP contribution in [0.4, 0.5) is 13.2 Å². The van der Waals surface area contributed by atoms with Gasteiger partial charge in [-0.2, -0.15) is 13.2 Å². The van der Waals surface area contributed by atoms with Crippen LogP contribution >= 0.6 is 0 Å². The molecule has 0 heterocycles. The molecule has 2 bridgehead atoms. The molecular formula is C16H29F3O2. The quantitative estimate of drug-likeness (QED) is 0.656. The van der Waals surface area contributed by atoms with E-state index in [1.807, 2.05) is 0 Å². The number of alkyl halides is 3. The molecule has 2 fully saturated rings. The van der Waals surface area contributed by atoms with Gasteiger partial charge in [-0.1, -0.05) is 21.8 Å². The van der Waals surface area contributed by atoms with Crippen LogP contribution in [0.1, 0.15) is 67.7 Å². The number of carbonyl (C=O) groups is 1. The Kier molecular flexibility index (Phi) is 5.95. The minimum Gasteiger partial charge on any atom is -0.458 e. The minimum atomic E-state index is -4.56. The zero-order valence-electron chi connectivity index (χ0n) is 11.6. The molecule has 0 spiro atoms. The van der Waals surface area contributed by atoms with E-state index in [9.17, 15) is 18.0 Å². The Bertz CT molecular complexity index is 380. The molecule has 4 atom stereocenters. The van der Waals surface area contributed by atoms with Gasteiger partial charge < -0.3 is 4.74 Å². The maximum Gasteiger partial charge on any atom is 0.404 e. The average Bonchev–Trinajstić information content (AvgIpc) is 2.85. The Hall–Kier alpha value is -0.740. The summed E-state index contributed by atoms with van der Waals surface area (Å²) < 4.78 is 44.5. The van der Waals surface area contributed by atoms with Crippen molar-refractivity contribution in [3.05, 3.63) is 0 Å². The van der Waals surface area contributed by atoms with E-state index in [2.05, 4.69) is 0 Å². The molecular weight excluding hydrogens is 281 g/mol. The van der Waals surface area contributed by atoms with Crippen LogP contribution in [-0.4, -0.2) is 17.7 Å². The maximum absolute atomic E-state index is 13.0. The Labute approximate surface area is 126 Å². The summed E-state index contributed by atoms with van der Waals surface area (Å²) in [5.74, 6) is -0.366. The third kappa shape index (κ3) is 3.21. The summed E-state index contributed by atoms with van der Waals surface area (Å²) in [7, 11) is 0. The molecule has 0 aromatic heterocycles. The van der Waals surface area contributed by atoms with Gasteiger partial charge in [-0.3, -0.25) is 4.79 Å². The molecule has 0 aromatic rings. The first-order chi connectivity index (χ1) is 8.62. The second-order valence-corrected chi connectivity index (χ2v) is 6.47. The first-order valence-electron chi connectivity index (χ1n) is 6.92. The number of hydrogen-bond donors (Lipinski definition) is 0. The van der Waals surface area contributed by atoms with Crippen molar-refractivity contribution in [2.75, 3.05) is 0 Å². The molecule has 2 rings (SSSR count). The topological polar surface area (TPSA) is 26.3 Å². The fourth-order valence-electron chi connectivity index (χ4n) is 3.46. The van der Waals surface area contributed by atoms with Crippen molar-refractivity contribution in [2.45, 2.75) is 79.5 Å². The van der Waals surface area contributed by atoms with E-state index in [-0.39, 0.29) is 27.2 Å². The maximum atomic E-state index is 13.0. The van der Waals surface area contributed by atoms with Crippen molar-refractivity contribution >= 4 is 5.97 Å². The van der Waals surface area contributed by atoms with Gasteiger partial charge in [0.1, 0.15) is 5.60 Å². The SMILES string of the molecule is C.C.CCC(C)(C(=O)OC1(C)CC2CCC1C2)C(F)(F)F. The van der Waals surface area contributed by atoms with Crippen LogP contribution in [0.3, 0.4) is 0 Å². The number of hydrogen-bond acceptors (Lipinski definition) is 2. The van der Waals surface area contributed by atoms with Crippen molar-refractivity contribution < 1.29 is 22.7 Å². The number of ether oxygens (including phenoxy) is 1. The second-order valence-electron chi connectivity index (χ2n) is 6.47. The van der Waals surface area contributed by atoms with Crippen LogP contribution in [0.5, 0.6) is 0 Å². The molecule has 0 aromatic carbocycles. The predicted octanol–water partition coefficient (Wildman–Crippen LogP) is 5.36. The van der Waals surface area contributed by atoms with Gasteiger partial charge in [0, 0.05) is 0 Å². The number of halogens is 3. The Morgan fingerprint density at radius 2 is 1.86 bits per heavy atom. The van der Waals surface area contributed by atoms with Crippen LogP contribution in [0.25, 0.3) is 0 Å². The van der Waals surface area contributed by atoms with Crippen LogP contribution in [0.15, 0.2) is 0 Å². The number of rotatable bonds is 3. The summed E-state index contributed by atoms with van der Waals surface area (Å²) in [4.78, 5) is 12.0. The Balaban J connectivity index is 0.00000200. The highest BCUT2D eigenvalue weighted by Crippen LogP contribution is 2.53. The highest BCUT2D eigenvalue weighted by atomic mass is 19.4. The Morgan fingerprint density at radius 3 is 2.19 bits per heavy atom. The van der Waals surface area contributed by atoms with Crippen LogP contribution in [0, 0.1) is 17.3 Å². The first-order valence-corrected chi connectivity index (χ1v) is 6.92. The predicted molar refractivity (Wildman–Crippen MR) is 77.9 cm³/mol. The lowest BCUT2D eigenvalue weighted by atomic mass is 9.83. The zero-order chi connectivity index (χ0) is 14.5. The molecule has 0 saturated heterocycles. The lowest BCUT2D eigenvalue weighted by molar-refractivity contribution is -0.239. The van der Waals surface area contributed by atoms with E-state index in [4.69, 9.17) is 4.74 Å². The summed E-state index contributed by atoms with van der Waals surface area (Å²) in [6.07, 6.45) is -1.09. The van der Waals surface area contributed by atoms with E-state index in [0.29, 0.717) is 12.3 Å². The molecule has 126 valence electrons. The normalized spacial score (nSPS) is 33.6. The van der Waals surface area contributed by atoms with Crippen LogP contribution in [-0.2, 0) is 9.53 Å². The fourth-order valence-corrected chi connectivity index (χ4v) is 3.46. The lowest BCUT2D eigenvalue weighted by Gasteiger charge is -2.38. The van der Waals surface area contributed by atoms with E-state index in [1.165, 1.54) is 6.92 Å². The highest BCUT2D eigenvalue weighted by molar-refractivity contribution is 5.77.